The van der Waals surface area contributed by atoms with Crippen molar-refractivity contribution in [1.82, 2.24) is 9.97 Å². The average molecular weight is 271 g/mol. The normalized spacial score (nSPS) is 15.3. The van der Waals surface area contributed by atoms with E-state index in [0.29, 0.717) is 19.1 Å². The summed E-state index contributed by atoms with van der Waals surface area (Å²) in [6, 6.07) is 0. The first-order valence-corrected chi connectivity index (χ1v) is 6.01. The van der Waals surface area contributed by atoms with Gasteiger partial charge in [-0.2, -0.15) is 0 Å². The van der Waals surface area contributed by atoms with Gasteiger partial charge in [0.2, 0.25) is 0 Å². The van der Waals surface area contributed by atoms with Crippen LogP contribution < -0.4 is 16.0 Å². The predicted octanol–water partition coefficient (Wildman–Crippen LogP) is 0.515. The number of hydrogen-bond donors (Lipinski definition) is 3. The van der Waals surface area contributed by atoms with E-state index in [-0.39, 0.29) is 6.10 Å². The molecule has 8 heteroatoms. The van der Waals surface area contributed by atoms with Crippen LogP contribution in [0.15, 0.2) is 6.33 Å². The van der Waals surface area contributed by atoms with Gasteiger partial charge in [0.15, 0.2) is 11.6 Å². The second-order valence-corrected chi connectivity index (χ2v) is 4.26. The molecule has 7 nitrogen and oxygen atoms in total. The van der Waals surface area contributed by atoms with Crippen molar-refractivity contribution in [2.24, 2.45) is 0 Å². The third-order valence-corrected chi connectivity index (χ3v) is 3.07. The lowest BCUT2D eigenvalue weighted by Crippen LogP contribution is -2.29. The smallest absolute Gasteiger partial charge is 0.159 e. The largest absolute Gasteiger partial charge is 0.382 e. The first-order chi connectivity index (χ1) is 8.76. The number of nitrogen functional groups attached to an aromatic ring is 1. The topological polar surface area (TPSA) is 85.5 Å². The number of rotatable bonds is 6. The second-order valence-electron chi connectivity index (χ2n) is 4.00. The van der Waals surface area contributed by atoms with Gasteiger partial charge < -0.3 is 24.9 Å². The quantitative estimate of drug-likeness (QED) is 0.513. The van der Waals surface area contributed by atoms with Crippen molar-refractivity contribution < 1.29 is 8.92 Å². The number of ether oxygens (including phenoxy) is 1. The lowest BCUT2D eigenvalue weighted by molar-refractivity contribution is 0.0613. The van der Waals surface area contributed by atoms with Crippen LogP contribution in [0.4, 0.5) is 17.3 Å². The van der Waals surface area contributed by atoms with Gasteiger partial charge in [-0.25, -0.2) is 9.97 Å². The highest BCUT2D eigenvalue weighted by Crippen LogP contribution is 2.32. The molecule has 1 aliphatic heterocycles. The fraction of sp³-hybridized carbons (Fsp3) is 0.600. The molecule has 0 radical (unpaired) electrons. The molecule has 1 aliphatic rings. The van der Waals surface area contributed by atoms with E-state index in [1.165, 1.54) is 6.33 Å². The Kier molecular flexibility index (Phi) is 4.45. The van der Waals surface area contributed by atoms with Gasteiger partial charge in [-0.3, -0.25) is 0 Å². The maximum Gasteiger partial charge on any atom is 0.159 e. The van der Waals surface area contributed by atoms with E-state index < -0.39 is 0 Å². The van der Waals surface area contributed by atoms with Crippen LogP contribution in [0.2, 0.25) is 0 Å². The molecule has 0 spiro atoms. The average Bonchev–Trinajstić information content (AvgIpc) is 2.79. The van der Waals surface area contributed by atoms with Crippen molar-refractivity contribution in [3.8, 4) is 0 Å². The lowest BCUT2D eigenvalue weighted by Gasteiger charge is -2.20. The van der Waals surface area contributed by atoms with E-state index >= 15 is 0 Å². The van der Waals surface area contributed by atoms with Gasteiger partial charge in [-0.1, -0.05) is 0 Å². The molecule has 0 bridgehead atoms. The number of nitrogens with zero attached hydrogens (tertiary/aromatic N) is 3. The SMILES string of the molecule is COC(CCN1CNc2c(N)ncnc21)COS. The van der Waals surface area contributed by atoms with Crippen molar-refractivity contribution in [2.75, 3.05) is 42.9 Å². The molecule has 0 aromatic carbocycles. The van der Waals surface area contributed by atoms with Crippen molar-refractivity contribution in [1.29, 1.82) is 0 Å². The highest BCUT2D eigenvalue weighted by molar-refractivity contribution is 7.75. The molecule has 1 aromatic heterocycles. The summed E-state index contributed by atoms with van der Waals surface area (Å²) < 4.78 is 10.1. The number of nitrogens with one attached hydrogen (secondary N) is 1. The maximum absolute atomic E-state index is 5.77. The lowest BCUT2D eigenvalue weighted by atomic mass is 10.2. The first kappa shape index (κ1) is 13.2. The zero-order valence-corrected chi connectivity index (χ0v) is 11.1. The third kappa shape index (κ3) is 2.77. The molecule has 1 atom stereocenters. The van der Waals surface area contributed by atoms with Crippen molar-refractivity contribution in [2.45, 2.75) is 12.5 Å². The summed E-state index contributed by atoms with van der Waals surface area (Å²) in [7, 11) is 1.66. The molecule has 0 saturated carbocycles. The number of fused-ring (bicyclic) bond motifs is 1. The fourth-order valence-electron chi connectivity index (χ4n) is 1.89. The summed E-state index contributed by atoms with van der Waals surface area (Å²) in [5.74, 6) is 1.31. The molecule has 3 N–H and O–H groups in total. The van der Waals surface area contributed by atoms with Crippen molar-refractivity contribution >= 4 is 30.2 Å². The highest BCUT2D eigenvalue weighted by atomic mass is 32.1. The van der Waals surface area contributed by atoms with Crippen LogP contribution in [0.25, 0.3) is 0 Å². The van der Waals surface area contributed by atoms with Gasteiger partial charge in [0.05, 0.1) is 19.4 Å². The van der Waals surface area contributed by atoms with E-state index in [0.717, 1.165) is 24.5 Å². The molecule has 0 saturated heterocycles. The van der Waals surface area contributed by atoms with Crippen LogP contribution in [0.3, 0.4) is 0 Å². The Morgan fingerprint density at radius 2 is 2.44 bits per heavy atom. The van der Waals surface area contributed by atoms with E-state index in [1.807, 2.05) is 0 Å². The van der Waals surface area contributed by atoms with E-state index in [1.54, 1.807) is 7.11 Å². The monoisotopic (exact) mass is 271 g/mol. The molecule has 0 aliphatic carbocycles. The molecule has 2 rings (SSSR count). The van der Waals surface area contributed by atoms with Crippen molar-refractivity contribution in [3.63, 3.8) is 0 Å². The Bertz CT molecular complexity index is 406. The second kappa shape index (κ2) is 6.07. The summed E-state index contributed by atoms with van der Waals surface area (Å²) in [5.41, 5.74) is 6.57. The van der Waals surface area contributed by atoms with E-state index in [4.69, 9.17) is 14.7 Å². The van der Waals surface area contributed by atoms with Gasteiger partial charge in [0.1, 0.15) is 12.0 Å². The number of hydrogen-bond acceptors (Lipinski definition) is 8. The Labute approximate surface area is 111 Å². The summed E-state index contributed by atoms with van der Waals surface area (Å²) >= 11 is 3.73. The molecule has 100 valence electrons. The Morgan fingerprint density at radius 1 is 1.61 bits per heavy atom. The van der Waals surface area contributed by atoms with E-state index in [2.05, 4.69) is 33.1 Å². The fourth-order valence-corrected chi connectivity index (χ4v) is 2.05. The standard InChI is InChI=1S/C10H17N5O2S/c1-16-7(4-17-18)2-3-15-6-14-8-9(11)12-5-13-10(8)15/h5,7,14,18H,2-4,6H2,1H3,(H2,11,12,13). The Hall–Kier alpha value is -1.25. The minimum Gasteiger partial charge on any atom is -0.382 e. The summed E-state index contributed by atoms with van der Waals surface area (Å²) in [6.45, 7) is 1.93. The molecular formula is C10H17N5O2S. The molecule has 1 aromatic rings. The van der Waals surface area contributed by atoms with E-state index in [9.17, 15) is 0 Å². The minimum atomic E-state index is 0.0192. The molecule has 0 fully saturated rings. The van der Waals surface area contributed by atoms with Gasteiger partial charge in [0, 0.05) is 13.7 Å². The number of aromatic nitrogens is 2. The predicted molar refractivity (Wildman–Crippen MR) is 72.6 cm³/mol. The third-order valence-electron chi connectivity index (χ3n) is 2.92. The zero-order chi connectivity index (χ0) is 13.0. The van der Waals surface area contributed by atoms with Crippen LogP contribution in [0, 0.1) is 0 Å². The zero-order valence-electron chi connectivity index (χ0n) is 10.2. The van der Waals surface area contributed by atoms with Gasteiger partial charge in [-0.15, -0.1) is 0 Å². The van der Waals surface area contributed by atoms with Crippen LogP contribution >= 0.6 is 12.9 Å². The molecule has 2 heterocycles. The minimum absolute atomic E-state index is 0.0192. The number of anilines is 3. The Balaban J connectivity index is 1.95. The number of thiol groups is 1. The number of nitrogens with two attached hydrogens (primary N) is 1. The molecule has 1 unspecified atom stereocenters. The summed E-state index contributed by atoms with van der Waals surface area (Å²) in [5, 5.41) is 3.18. The van der Waals surface area contributed by atoms with Gasteiger partial charge in [-0.05, 0) is 19.3 Å². The molecule has 18 heavy (non-hydrogen) atoms. The van der Waals surface area contributed by atoms with Crippen LogP contribution in [0.5, 0.6) is 0 Å². The Morgan fingerprint density at radius 3 is 3.17 bits per heavy atom. The summed E-state index contributed by atoms with van der Waals surface area (Å²) in [4.78, 5) is 10.3. The van der Waals surface area contributed by atoms with Gasteiger partial charge in [0.25, 0.3) is 0 Å². The van der Waals surface area contributed by atoms with Crippen LogP contribution in [0.1, 0.15) is 6.42 Å². The number of methoxy groups -OCH3 is 1. The highest BCUT2D eigenvalue weighted by Gasteiger charge is 2.23. The van der Waals surface area contributed by atoms with Crippen molar-refractivity contribution in [3.05, 3.63) is 6.33 Å². The maximum atomic E-state index is 5.77. The summed E-state index contributed by atoms with van der Waals surface area (Å²) in [6.07, 6.45) is 2.31. The van der Waals surface area contributed by atoms with Gasteiger partial charge >= 0.3 is 0 Å². The first-order valence-electron chi connectivity index (χ1n) is 5.64. The molecular weight excluding hydrogens is 254 g/mol. The van der Waals surface area contributed by atoms with Crippen LogP contribution in [-0.2, 0) is 8.92 Å². The molecule has 0 amide bonds. The van der Waals surface area contributed by atoms with Crippen LogP contribution in [-0.4, -0.2) is 43.0 Å².